The van der Waals surface area contributed by atoms with E-state index in [0.717, 1.165) is 18.5 Å². The Bertz CT molecular complexity index is 606. The van der Waals surface area contributed by atoms with Crippen LogP contribution in [0.15, 0.2) is 35.7 Å². The molecule has 1 aromatic carbocycles. The summed E-state index contributed by atoms with van der Waals surface area (Å²) in [6.45, 7) is 5.27. The van der Waals surface area contributed by atoms with E-state index in [1.807, 2.05) is 30.4 Å². The predicted molar refractivity (Wildman–Crippen MR) is 85.9 cm³/mol. The monoisotopic (exact) mass is 304 g/mol. The van der Waals surface area contributed by atoms with Gasteiger partial charge in [0.15, 0.2) is 0 Å². The minimum absolute atomic E-state index is 0.00176. The van der Waals surface area contributed by atoms with Crippen LogP contribution in [0.1, 0.15) is 41.9 Å². The van der Waals surface area contributed by atoms with Crippen LogP contribution in [0.2, 0.25) is 0 Å². The van der Waals surface area contributed by atoms with Crippen molar-refractivity contribution in [2.75, 3.05) is 6.54 Å². The first-order valence-electron chi connectivity index (χ1n) is 7.41. The molecule has 2 heterocycles. The molecule has 1 aromatic heterocycles. The third kappa shape index (κ3) is 2.76. The molecule has 21 heavy (non-hydrogen) atoms. The molecule has 0 amide bonds. The fourth-order valence-electron chi connectivity index (χ4n) is 3.37. The molecule has 3 unspecified atom stereocenters. The topological polar surface area (TPSA) is 29.3 Å². The molecule has 0 saturated heterocycles. The SMILES string of the molecule is CC(N)C(c1ccc(F)cc1)N1CCc2sccc2C1C. The second kappa shape index (κ2) is 5.87. The summed E-state index contributed by atoms with van der Waals surface area (Å²) in [5, 5.41) is 2.17. The lowest BCUT2D eigenvalue weighted by Gasteiger charge is -2.41. The predicted octanol–water partition coefficient (Wildman–Crippen LogP) is 3.89. The van der Waals surface area contributed by atoms with Gasteiger partial charge in [-0.15, -0.1) is 11.3 Å². The molecule has 0 fully saturated rings. The maximum Gasteiger partial charge on any atom is 0.123 e. The highest BCUT2D eigenvalue weighted by molar-refractivity contribution is 7.10. The minimum Gasteiger partial charge on any atom is -0.326 e. The molecule has 3 rings (SSSR count). The lowest BCUT2D eigenvalue weighted by Crippen LogP contribution is -2.43. The molecule has 2 aromatic rings. The lowest BCUT2D eigenvalue weighted by molar-refractivity contribution is 0.119. The van der Waals surface area contributed by atoms with Gasteiger partial charge in [-0.25, -0.2) is 4.39 Å². The number of nitrogens with zero attached hydrogens (tertiary/aromatic N) is 1. The highest BCUT2D eigenvalue weighted by atomic mass is 32.1. The molecule has 2 nitrogen and oxygen atoms in total. The summed E-state index contributed by atoms with van der Waals surface area (Å²) in [6.07, 6.45) is 1.07. The largest absolute Gasteiger partial charge is 0.326 e. The summed E-state index contributed by atoms with van der Waals surface area (Å²) >= 11 is 1.84. The van der Waals surface area contributed by atoms with Crippen molar-refractivity contribution in [2.24, 2.45) is 5.73 Å². The van der Waals surface area contributed by atoms with E-state index in [-0.39, 0.29) is 17.9 Å². The Balaban J connectivity index is 1.93. The number of rotatable bonds is 3. The molecule has 2 N–H and O–H groups in total. The first-order chi connectivity index (χ1) is 10.1. The second-order valence-electron chi connectivity index (χ2n) is 5.82. The van der Waals surface area contributed by atoms with E-state index in [2.05, 4.69) is 23.3 Å². The van der Waals surface area contributed by atoms with Crippen LogP contribution in [0.3, 0.4) is 0 Å². The standard InChI is InChI=1S/C17H21FN2S/c1-11(19)17(13-3-5-14(18)6-4-13)20-9-7-16-15(12(20)2)8-10-21-16/h3-6,8,10-12,17H,7,9,19H2,1-2H3. The average molecular weight is 304 g/mol. The van der Waals surface area contributed by atoms with Crippen molar-refractivity contribution in [1.29, 1.82) is 0 Å². The molecular formula is C17H21FN2S. The molecule has 112 valence electrons. The number of nitrogens with two attached hydrogens (primary N) is 1. The second-order valence-corrected chi connectivity index (χ2v) is 6.82. The third-order valence-corrected chi connectivity index (χ3v) is 5.39. The van der Waals surface area contributed by atoms with Gasteiger partial charge in [-0.05, 0) is 55.0 Å². The first-order valence-corrected chi connectivity index (χ1v) is 8.29. The average Bonchev–Trinajstić information content (AvgIpc) is 2.93. The van der Waals surface area contributed by atoms with Crippen molar-refractivity contribution in [3.05, 3.63) is 57.5 Å². The van der Waals surface area contributed by atoms with E-state index in [0.29, 0.717) is 6.04 Å². The highest BCUT2D eigenvalue weighted by Crippen LogP contribution is 2.38. The fourth-order valence-corrected chi connectivity index (χ4v) is 4.33. The van der Waals surface area contributed by atoms with Gasteiger partial charge in [0, 0.05) is 23.5 Å². The summed E-state index contributed by atoms with van der Waals surface area (Å²) in [5.41, 5.74) is 8.77. The van der Waals surface area contributed by atoms with Gasteiger partial charge in [0.1, 0.15) is 5.82 Å². The molecule has 0 radical (unpaired) electrons. The zero-order valence-electron chi connectivity index (χ0n) is 12.4. The first kappa shape index (κ1) is 14.7. The zero-order valence-corrected chi connectivity index (χ0v) is 13.2. The molecule has 4 heteroatoms. The number of thiophene rings is 1. The molecule has 0 aliphatic carbocycles. The fraction of sp³-hybridized carbons (Fsp3) is 0.412. The Morgan fingerprint density at radius 2 is 2.00 bits per heavy atom. The summed E-state index contributed by atoms with van der Waals surface area (Å²) < 4.78 is 13.2. The van der Waals surface area contributed by atoms with Crippen LogP contribution in [-0.4, -0.2) is 17.5 Å². The Morgan fingerprint density at radius 3 is 2.67 bits per heavy atom. The van der Waals surface area contributed by atoms with E-state index >= 15 is 0 Å². The van der Waals surface area contributed by atoms with Gasteiger partial charge in [-0.1, -0.05) is 12.1 Å². The van der Waals surface area contributed by atoms with Crippen molar-refractivity contribution < 1.29 is 4.39 Å². The number of hydrogen-bond acceptors (Lipinski definition) is 3. The minimum atomic E-state index is -0.200. The van der Waals surface area contributed by atoms with Crippen LogP contribution in [0.5, 0.6) is 0 Å². The molecule has 0 bridgehead atoms. The van der Waals surface area contributed by atoms with Crippen LogP contribution in [0.25, 0.3) is 0 Å². The number of benzene rings is 1. The van der Waals surface area contributed by atoms with Gasteiger partial charge in [0.05, 0.1) is 6.04 Å². The van der Waals surface area contributed by atoms with Crippen molar-refractivity contribution >= 4 is 11.3 Å². The Kier molecular flexibility index (Phi) is 4.11. The number of fused-ring (bicyclic) bond motifs is 1. The van der Waals surface area contributed by atoms with Crippen LogP contribution in [-0.2, 0) is 6.42 Å². The zero-order chi connectivity index (χ0) is 15.0. The van der Waals surface area contributed by atoms with Gasteiger partial charge < -0.3 is 5.73 Å². The van der Waals surface area contributed by atoms with E-state index in [1.54, 1.807) is 0 Å². The van der Waals surface area contributed by atoms with Crippen molar-refractivity contribution in [3.8, 4) is 0 Å². The summed E-state index contributed by atoms with van der Waals surface area (Å²) in [6, 6.07) is 9.45. The summed E-state index contributed by atoms with van der Waals surface area (Å²) in [4.78, 5) is 3.94. The summed E-state index contributed by atoms with van der Waals surface area (Å²) in [5.74, 6) is -0.200. The van der Waals surface area contributed by atoms with Gasteiger partial charge >= 0.3 is 0 Å². The van der Waals surface area contributed by atoms with Gasteiger partial charge in [-0.3, -0.25) is 4.90 Å². The van der Waals surface area contributed by atoms with Crippen LogP contribution in [0, 0.1) is 5.82 Å². The Hall–Kier alpha value is -1.23. The maximum absolute atomic E-state index is 13.2. The van der Waals surface area contributed by atoms with Crippen LogP contribution in [0.4, 0.5) is 4.39 Å². The highest BCUT2D eigenvalue weighted by Gasteiger charge is 2.32. The molecule has 0 saturated carbocycles. The smallest absolute Gasteiger partial charge is 0.123 e. The number of halogens is 1. The quantitative estimate of drug-likeness (QED) is 0.932. The Morgan fingerprint density at radius 1 is 1.29 bits per heavy atom. The van der Waals surface area contributed by atoms with Crippen molar-refractivity contribution in [3.63, 3.8) is 0 Å². The van der Waals surface area contributed by atoms with Crippen LogP contribution >= 0.6 is 11.3 Å². The van der Waals surface area contributed by atoms with Gasteiger partial charge in [0.2, 0.25) is 0 Å². The van der Waals surface area contributed by atoms with Crippen LogP contribution < -0.4 is 5.73 Å². The third-order valence-electron chi connectivity index (χ3n) is 4.39. The number of hydrogen-bond donors (Lipinski definition) is 1. The summed E-state index contributed by atoms with van der Waals surface area (Å²) in [7, 11) is 0. The van der Waals surface area contributed by atoms with E-state index in [9.17, 15) is 4.39 Å². The van der Waals surface area contributed by atoms with Gasteiger partial charge in [0.25, 0.3) is 0 Å². The molecule has 1 aliphatic rings. The molecule has 0 spiro atoms. The van der Waals surface area contributed by atoms with Crippen molar-refractivity contribution in [2.45, 2.75) is 38.4 Å². The Labute approximate surface area is 129 Å². The normalized spacial score (nSPS) is 21.8. The molecule has 1 aliphatic heterocycles. The van der Waals surface area contributed by atoms with E-state index in [1.165, 1.54) is 22.6 Å². The molecule has 3 atom stereocenters. The lowest BCUT2D eigenvalue weighted by atomic mass is 9.93. The van der Waals surface area contributed by atoms with E-state index in [4.69, 9.17) is 5.73 Å². The maximum atomic E-state index is 13.2. The van der Waals surface area contributed by atoms with E-state index < -0.39 is 0 Å². The van der Waals surface area contributed by atoms with Gasteiger partial charge in [-0.2, -0.15) is 0 Å². The van der Waals surface area contributed by atoms with Crippen molar-refractivity contribution in [1.82, 2.24) is 4.90 Å². The molecular weight excluding hydrogens is 283 g/mol.